The minimum Gasteiger partial charge on any atom is -0.478 e. The lowest BCUT2D eigenvalue weighted by Gasteiger charge is -2.30. The van der Waals surface area contributed by atoms with E-state index < -0.39 is 23.5 Å². The Labute approximate surface area is 109 Å². The van der Waals surface area contributed by atoms with Crippen molar-refractivity contribution < 1.29 is 28.9 Å². The van der Waals surface area contributed by atoms with Crippen molar-refractivity contribution in [2.45, 2.75) is 18.1 Å². The molecule has 0 aromatic heterocycles. The molecule has 1 atom stereocenters. The predicted octanol–water partition coefficient (Wildman–Crippen LogP) is -1.58. The third-order valence-corrected chi connectivity index (χ3v) is 3.61. The van der Waals surface area contributed by atoms with E-state index in [9.17, 15) is 9.59 Å². The van der Waals surface area contributed by atoms with E-state index in [1.54, 1.807) is 0 Å². The third-order valence-electron chi connectivity index (χ3n) is 2.38. The van der Waals surface area contributed by atoms with Gasteiger partial charge >= 0.3 is 5.97 Å². The molecule has 1 unspecified atom stereocenters. The number of amides is 1. The zero-order chi connectivity index (χ0) is 14.2. The molecule has 0 aliphatic rings. The van der Waals surface area contributed by atoms with Gasteiger partial charge in [0, 0.05) is 39.9 Å². The van der Waals surface area contributed by atoms with Crippen LogP contribution in [0.2, 0.25) is 0 Å². The SMILES string of the molecule is COC(CC([SiH3])(OC)OC)NC(=O)/C=C\C(=O)O. The summed E-state index contributed by atoms with van der Waals surface area (Å²) < 4.78 is 15.5. The van der Waals surface area contributed by atoms with Crippen LogP contribution in [0.15, 0.2) is 12.2 Å². The number of carbonyl (C=O) groups excluding carboxylic acids is 1. The Morgan fingerprint density at radius 2 is 1.89 bits per heavy atom. The highest BCUT2D eigenvalue weighted by Crippen LogP contribution is 2.14. The fourth-order valence-corrected chi connectivity index (χ4v) is 1.50. The van der Waals surface area contributed by atoms with Crippen LogP contribution >= 0.6 is 0 Å². The fourth-order valence-electron chi connectivity index (χ4n) is 1.13. The van der Waals surface area contributed by atoms with Crippen LogP contribution < -0.4 is 5.32 Å². The molecule has 0 aromatic rings. The lowest BCUT2D eigenvalue weighted by atomic mass is 10.3. The Hall–Kier alpha value is -1.22. The van der Waals surface area contributed by atoms with Gasteiger partial charge in [-0.25, -0.2) is 4.79 Å². The molecule has 7 nitrogen and oxygen atoms in total. The van der Waals surface area contributed by atoms with Gasteiger partial charge in [0.2, 0.25) is 5.91 Å². The molecule has 1 amide bonds. The van der Waals surface area contributed by atoms with Gasteiger partial charge in [-0.2, -0.15) is 0 Å². The van der Waals surface area contributed by atoms with Gasteiger partial charge in [0.15, 0.2) is 0 Å². The summed E-state index contributed by atoms with van der Waals surface area (Å²) in [5.41, 5.74) is -0.759. The lowest BCUT2D eigenvalue weighted by Crippen LogP contribution is -2.45. The third kappa shape index (κ3) is 6.50. The average molecular weight is 277 g/mol. The zero-order valence-corrected chi connectivity index (χ0v) is 12.9. The number of hydrogen-bond acceptors (Lipinski definition) is 5. The molecule has 0 fully saturated rings. The lowest BCUT2D eigenvalue weighted by molar-refractivity contribution is -0.167. The van der Waals surface area contributed by atoms with Crippen molar-refractivity contribution in [2.75, 3.05) is 21.3 Å². The first-order valence-electron chi connectivity index (χ1n) is 5.21. The number of rotatable bonds is 8. The first-order valence-corrected chi connectivity index (χ1v) is 6.21. The maximum atomic E-state index is 11.4. The van der Waals surface area contributed by atoms with Crippen LogP contribution in [0.5, 0.6) is 0 Å². The summed E-state index contributed by atoms with van der Waals surface area (Å²) in [6, 6.07) is 0. The van der Waals surface area contributed by atoms with Gasteiger partial charge in [0.1, 0.15) is 11.6 Å². The predicted molar refractivity (Wildman–Crippen MR) is 67.0 cm³/mol. The van der Waals surface area contributed by atoms with Gasteiger partial charge in [-0.1, -0.05) is 0 Å². The molecule has 0 bridgehead atoms. The molecule has 0 saturated carbocycles. The van der Waals surface area contributed by atoms with Crippen LogP contribution in [0, 0.1) is 0 Å². The van der Waals surface area contributed by atoms with Crippen LogP contribution in [-0.4, -0.2) is 60.2 Å². The molecule has 8 heteroatoms. The Morgan fingerprint density at radius 1 is 1.33 bits per heavy atom. The van der Waals surface area contributed by atoms with Crippen molar-refractivity contribution in [3.8, 4) is 0 Å². The van der Waals surface area contributed by atoms with Gasteiger partial charge in [-0.3, -0.25) is 4.79 Å². The Kier molecular flexibility index (Phi) is 7.44. The topological polar surface area (TPSA) is 94.1 Å². The summed E-state index contributed by atoms with van der Waals surface area (Å²) in [6.07, 6.45) is 1.37. The highest BCUT2D eigenvalue weighted by atomic mass is 28.1. The number of carbonyl (C=O) groups is 2. The van der Waals surface area contributed by atoms with E-state index in [2.05, 4.69) is 5.32 Å². The van der Waals surface area contributed by atoms with Gasteiger partial charge in [-0.05, 0) is 0 Å². The van der Waals surface area contributed by atoms with E-state index in [1.807, 2.05) is 0 Å². The summed E-state index contributed by atoms with van der Waals surface area (Å²) in [5.74, 6) is -1.74. The largest absolute Gasteiger partial charge is 0.478 e. The molecule has 0 spiro atoms. The van der Waals surface area contributed by atoms with E-state index in [0.717, 1.165) is 12.2 Å². The molecular formula is C10H19NO6Si. The molecule has 18 heavy (non-hydrogen) atoms. The molecular weight excluding hydrogens is 258 g/mol. The Bertz CT molecular complexity index is 315. The number of carboxylic acid groups (broad SMARTS) is 1. The second-order valence-corrected chi connectivity index (χ2v) is 5.17. The molecule has 0 rings (SSSR count). The number of hydrogen-bond donors (Lipinski definition) is 2. The van der Waals surface area contributed by atoms with Gasteiger partial charge < -0.3 is 24.6 Å². The maximum Gasteiger partial charge on any atom is 0.328 e. The van der Waals surface area contributed by atoms with Gasteiger partial charge in [-0.15, -0.1) is 0 Å². The van der Waals surface area contributed by atoms with Gasteiger partial charge in [0.05, 0.1) is 10.2 Å². The minimum atomic E-state index is -1.19. The summed E-state index contributed by atoms with van der Waals surface area (Å²) in [4.78, 5) is 21.6. The van der Waals surface area contributed by atoms with Crippen molar-refractivity contribution in [3.63, 3.8) is 0 Å². The molecule has 0 aliphatic heterocycles. The minimum absolute atomic E-state index is 0.315. The second-order valence-electron chi connectivity index (χ2n) is 3.65. The first-order chi connectivity index (χ1) is 8.36. The second kappa shape index (κ2) is 7.98. The quantitative estimate of drug-likeness (QED) is 0.316. The van der Waals surface area contributed by atoms with E-state index in [1.165, 1.54) is 21.3 Å². The highest BCUT2D eigenvalue weighted by Gasteiger charge is 2.27. The van der Waals surface area contributed by atoms with Crippen LogP contribution in [0.3, 0.4) is 0 Å². The van der Waals surface area contributed by atoms with E-state index >= 15 is 0 Å². The van der Waals surface area contributed by atoms with Crippen LogP contribution in [0.25, 0.3) is 0 Å². The molecule has 0 saturated heterocycles. The number of ether oxygens (including phenoxy) is 3. The molecule has 2 N–H and O–H groups in total. The standard InChI is InChI=1S/C10H19NO6Si/c1-15-8(6-10(18,16-2)17-3)11-7(12)4-5-9(13)14/h4-5,8H,6H2,1-3,18H3,(H,11,12)(H,13,14)/b5-4-. The Morgan fingerprint density at radius 3 is 2.28 bits per heavy atom. The number of aliphatic carboxylic acids is 1. The fraction of sp³-hybridized carbons (Fsp3) is 0.600. The van der Waals surface area contributed by atoms with E-state index in [-0.39, 0.29) is 0 Å². The van der Waals surface area contributed by atoms with Gasteiger partial charge in [0.25, 0.3) is 0 Å². The molecule has 0 radical (unpaired) electrons. The highest BCUT2D eigenvalue weighted by molar-refractivity contribution is 6.13. The first kappa shape index (κ1) is 16.8. The summed E-state index contributed by atoms with van der Waals surface area (Å²) >= 11 is 0. The average Bonchev–Trinajstić information content (AvgIpc) is 2.35. The molecule has 104 valence electrons. The zero-order valence-electron chi connectivity index (χ0n) is 10.9. The summed E-state index contributed by atoms with van der Waals surface area (Å²) in [7, 11) is 5.03. The number of nitrogens with one attached hydrogen (secondary N) is 1. The molecule has 0 heterocycles. The van der Waals surface area contributed by atoms with Crippen molar-refractivity contribution in [1.82, 2.24) is 5.32 Å². The van der Waals surface area contributed by atoms with Crippen molar-refractivity contribution in [1.29, 1.82) is 0 Å². The number of carboxylic acids is 1. The van der Waals surface area contributed by atoms with Crippen molar-refractivity contribution >= 4 is 22.1 Å². The van der Waals surface area contributed by atoms with Crippen molar-refractivity contribution in [2.24, 2.45) is 0 Å². The molecule has 0 aliphatic carbocycles. The summed E-state index contributed by atoms with van der Waals surface area (Å²) in [6.45, 7) is 0. The normalized spacial score (nSPS) is 13.7. The molecule has 0 aromatic carbocycles. The number of methoxy groups -OCH3 is 3. The van der Waals surface area contributed by atoms with E-state index in [0.29, 0.717) is 16.7 Å². The summed E-state index contributed by atoms with van der Waals surface area (Å²) in [5, 5.41) is 10.9. The van der Waals surface area contributed by atoms with Crippen LogP contribution in [-0.2, 0) is 23.8 Å². The van der Waals surface area contributed by atoms with E-state index in [4.69, 9.17) is 19.3 Å². The maximum absolute atomic E-state index is 11.4. The smallest absolute Gasteiger partial charge is 0.328 e. The van der Waals surface area contributed by atoms with Crippen LogP contribution in [0.1, 0.15) is 6.42 Å². The van der Waals surface area contributed by atoms with Crippen molar-refractivity contribution in [3.05, 3.63) is 12.2 Å². The Balaban J connectivity index is 4.43. The monoisotopic (exact) mass is 277 g/mol. The van der Waals surface area contributed by atoms with Crippen LogP contribution in [0.4, 0.5) is 0 Å².